The number of rotatable bonds is 4. The Labute approximate surface area is 102 Å². The predicted molar refractivity (Wildman–Crippen MR) is 66.6 cm³/mol. The molecule has 2 atom stereocenters. The highest BCUT2D eigenvalue weighted by Gasteiger charge is 2.30. The normalized spacial score (nSPS) is 21.8. The van der Waals surface area contributed by atoms with E-state index in [0.717, 1.165) is 30.6 Å². The maximum absolute atomic E-state index is 13.1. The lowest BCUT2D eigenvalue weighted by molar-refractivity contribution is 0.146. The molecule has 0 fully saturated rings. The molecule has 94 valence electrons. The maximum Gasteiger partial charge on any atom is 0.123 e. The molecular formula is C14H20FNO. The van der Waals surface area contributed by atoms with Gasteiger partial charge in [0, 0.05) is 12.0 Å². The van der Waals surface area contributed by atoms with Crippen LogP contribution in [0.25, 0.3) is 0 Å². The topological polar surface area (TPSA) is 35.2 Å². The van der Waals surface area contributed by atoms with Gasteiger partial charge in [0.1, 0.15) is 17.7 Å². The molecule has 0 radical (unpaired) electrons. The average molecular weight is 237 g/mol. The lowest BCUT2D eigenvalue weighted by Crippen LogP contribution is -2.32. The van der Waals surface area contributed by atoms with E-state index in [1.54, 1.807) is 12.1 Å². The van der Waals surface area contributed by atoms with E-state index >= 15 is 0 Å². The van der Waals surface area contributed by atoms with E-state index in [2.05, 4.69) is 13.8 Å². The number of fused-ring (bicyclic) bond motifs is 1. The van der Waals surface area contributed by atoms with Gasteiger partial charge in [-0.25, -0.2) is 4.39 Å². The van der Waals surface area contributed by atoms with Crippen molar-refractivity contribution in [3.05, 3.63) is 29.6 Å². The van der Waals surface area contributed by atoms with Crippen molar-refractivity contribution in [3.63, 3.8) is 0 Å². The fourth-order valence-electron chi connectivity index (χ4n) is 2.32. The molecule has 0 amide bonds. The third kappa shape index (κ3) is 2.60. The van der Waals surface area contributed by atoms with Gasteiger partial charge in [0.05, 0.1) is 0 Å². The summed E-state index contributed by atoms with van der Waals surface area (Å²) in [7, 11) is 0. The Bertz CT molecular complexity index is 401. The minimum atomic E-state index is -0.190. The summed E-state index contributed by atoms with van der Waals surface area (Å²) < 4.78 is 18.9. The number of nitrogens with two attached hydrogens (primary N) is 1. The minimum absolute atomic E-state index is 0.116. The zero-order chi connectivity index (χ0) is 12.5. The molecule has 0 aliphatic carbocycles. The first-order valence-corrected chi connectivity index (χ1v) is 6.21. The fourth-order valence-corrected chi connectivity index (χ4v) is 2.32. The summed E-state index contributed by atoms with van der Waals surface area (Å²) in [5.41, 5.74) is 6.90. The van der Waals surface area contributed by atoms with Crippen LogP contribution >= 0.6 is 0 Å². The van der Waals surface area contributed by atoms with E-state index in [-0.39, 0.29) is 17.3 Å². The van der Waals surface area contributed by atoms with Crippen molar-refractivity contribution in [1.82, 2.24) is 0 Å². The monoisotopic (exact) mass is 237 g/mol. The van der Waals surface area contributed by atoms with Crippen LogP contribution in [0.15, 0.2) is 18.2 Å². The molecule has 0 saturated carbocycles. The standard InChI is InChI=1S/C14H20FNO/c1-3-14(2,9-16)8-12-7-10-6-11(15)4-5-13(10)17-12/h4-6,12H,3,7-9,16H2,1-2H3. The summed E-state index contributed by atoms with van der Waals surface area (Å²) in [5.74, 6) is 0.636. The Kier molecular flexibility index (Phi) is 3.38. The van der Waals surface area contributed by atoms with Gasteiger partial charge in [-0.05, 0) is 43.0 Å². The van der Waals surface area contributed by atoms with Crippen LogP contribution in [0.5, 0.6) is 5.75 Å². The Morgan fingerprint density at radius 3 is 2.94 bits per heavy atom. The van der Waals surface area contributed by atoms with Crippen LogP contribution in [0.4, 0.5) is 4.39 Å². The van der Waals surface area contributed by atoms with E-state index in [1.807, 2.05) is 0 Å². The average Bonchev–Trinajstić information content (AvgIpc) is 2.70. The predicted octanol–water partition coefficient (Wildman–Crippen LogP) is 2.89. The van der Waals surface area contributed by atoms with Crippen LogP contribution in [0.1, 0.15) is 32.3 Å². The van der Waals surface area contributed by atoms with Crippen molar-refractivity contribution in [2.45, 2.75) is 39.2 Å². The Morgan fingerprint density at radius 1 is 1.53 bits per heavy atom. The molecule has 2 N–H and O–H groups in total. The molecule has 1 aliphatic rings. The van der Waals surface area contributed by atoms with Crippen molar-refractivity contribution in [2.75, 3.05) is 6.54 Å². The third-order valence-electron chi connectivity index (χ3n) is 3.83. The van der Waals surface area contributed by atoms with Gasteiger partial charge in [0.2, 0.25) is 0 Å². The van der Waals surface area contributed by atoms with Crippen molar-refractivity contribution in [3.8, 4) is 5.75 Å². The highest BCUT2D eigenvalue weighted by Crippen LogP contribution is 2.35. The highest BCUT2D eigenvalue weighted by atomic mass is 19.1. The molecule has 0 bridgehead atoms. The molecule has 2 nitrogen and oxygen atoms in total. The molecule has 1 aliphatic heterocycles. The Hall–Kier alpha value is -1.09. The molecule has 0 spiro atoms. The van der Waals surface area contributed by atoms with E-state index in [0.29, 0.717) is 6.54 Å². The number of benzene rings is 1. The maximum atomic E-state index is 13.1. The van der Waals surface area contributed by atoms with Crippen molar-refractivity contribution in [1.29, 1.82) is 0 Å². The molecule has 2 unspecified atom stereocenters. The summed E-state index contributed by atoms with van der Waals surface area (Å²) in [4.78, 5) is 0. The van der Waals surface area contributed by atoms with Crippen LogP contribution in [0.3, 0.4) is 0 Å². The van der Waals surface area contributed by atoms with E-state index in [9.17, 15) is 4.39 Å². The van der Waals surface area contributed by atoms with Crippen LogP contribution in [-0.4, -0.2) is 12.6 Å². The number of hydrogen-bond donors (Lipinski definition) is 1. The lowest BCUT2D eigenvalue weighted by atomic mass is 9.81. The molecule has 0 aromatic heterocycles. The zero-order valence-electron chi connectivity index (χ0n) is 10.5. The summed E-state index contributed by atoms with van der Waals surface area (Å²) in [5, 5.41) is 0. The second-order valence-corrected chi connectivity index (χ2v) is 5.27. The van der Waals surface area contributed by atoms with Gasteiger partial charge in [-0.15, -0.1) is 0 Å². The first-order chi connectivity index (χ1) is 8.06. The van der Waals surface area contributed by atoms with Crippen molar-refractivity contribution in [2.24, 2.45) is 11.1 Å². The summed E-state index contributed by atoms with van der Waals surface area (Å²) in [6.45, 7) is 4.99. The van der Waals surface area contributed by atoms with Gasteiger partial charge in [0.15, 0.2) is 0 Å². The minimum Gasteiger partial charge on any atom is -0.490 e. The van der Waals surface area contributed by atoms with Gasteiger partial charge < -0.3 is 10.5 Å². The summed E-state index contributed by atoms with van der Waals surface area (Å²) in [6.07, 6.45) is 2.90. The van der Waals surface area contributed by atoms with Crippen LogP contribution in [-0.2, 0) is 6.42 Å². The molecule has 0 saturated heterocycles. The Morgan fingerprint density at radius 2 is 2.29 bits per heavy atom. The highest BCUT2D eigenvalue weighted by molar-refractivity contribution is 5.37. The molecule has 17 heavy (non-hydrogen) atoms. The largest absolute Gasteiger partial charge is 0.490 e. The van der Waals surface area contributed by atoms with Crippen LogP contribution < -0.4 is 10.5 Å². The van der Waals surface area contributed by atoms with Gasteiger partial charge in [-0.1, -0.05) is 13.8 Å². The molecule has 3 heteroatoms. The number of hydrogen-bond acceptors (Lipinski definition) is 2. The van der Waals surface area contributed by atoms with Crippen molar-refractivity contribution < 1.29 is 9.13 Å². The summed E-state index contributed by atoms with van der Waals surface area (Å²) in [6, 6.07) is 4.74. The third-order valence-corrected chi connectivity index (χ3v) is 3.83. The van der Waals surface area contributed by atoms with Gasteiger partial charge in [-0.3, -0.25) is 0 Å². The molecule has 2 rings (SSSR count). The number of halogens is 1. The molecule has 1 heterocycles. The van der Waals surface area contributed by atoms with Gasteiger partial charge in [-0.2, -0.15) is 0 Å². The second-order valence-electron chi connectivity index (χ2n) is 5.27. The lowest BCUT2D eigenvalue weighted by Gasteiger charge is -2.29. The van der Waals surface area contributed by atoms with Crippen molar-refractivity contribution >= 4 is 0 Å². The molecular weight excluding hydrogens is 217 g/mol. The SMILES string of the molecule is CCC(C)(CN)CC1Cc2cc(F)ccc2O1. The number of ether oxygens (including phenoxy) is 1. The van der Waals surface area contributed by atoms with Crippen LogP contribution in [0, 0.1) is 11.2 Å². The zero-order valence-corrected chi connectivity index (χ0v) is 10.5. The first kappa shape index (κ1) is 12.4. The summed E-state index contributed by atoms with van der Waals surface area (Å²) >= 11 is 0. The fraction of sp³-hybridized carbons (Fsp3) is 0.571. The van der Waals surface area contributed by atoms with Crippen LogP contribution in [0.2, 0.25) is 0 Å². The van der Waals surface area contributed by atoms with E-state index in [4.69, 9.17) is 10.5 Å². The quantitative estimate of drug-likeness (QED) is 0.874. The van der Waals surface area contributed by atoms with Gasteiger partial charge in [0.25, 0.3) is 0 Å². The van der Waals surface area contributed by atoms with E-state index in [1.165, 1.54) is 6.07 Å². The first-order valence-electron chi connectivity index (χ1n) is 6.21. The second kappa shape index (κ2) is 4.65. The Balaban J connectivity index is 2.05. The smallest absolute Gasteiger partial charge is 0.123 e. The van der Waals surface area contributed by atoms with Gasteiger partial charge >= 0.3 is 0 Å². The molecule has 1 aromatic carbocycles. The van der Waals surface area contributed by atoms with E-state index < -0.39 is 0 Å². The molecule has 1 aromatic rings.